The molecule has 3 aromatic rings. The first kappa shape index (κ1) is 17.1. The third kappa shape index (κ3) is 3.74. The fraction of sp³-hybridized carbons (Fsp3) is 0.300. The molecule has 134 valence electrons. The first-order chi connectivity index (χ1) is 12.7. The Morgan fingerprint density at radius 3 is 2.62 bits per heavy atom. The van der Waals surface area contributed by atoms with E-state index in [1.165, 1.54) is 12.8 Å². The average Bonchev–Trinajstić information content (AvgIpc) is 3.41. The van der Waals surface area contributed by atoms with Gasteiger partial charge in [-0.05, 0) is 31.0 Å². The van der Waals surface area contributed by atoms with Gasteiger partial charge in [0.1, 0.15) is 5.75 Å². The normalized spacial score (nSPS) is 14.0. The van der Waals surface area contributed by atoms with E-state index in [4.69, 9.17) is 20.8 Å². The molecule has 0 saturated heterocycles. The summed E-state index contributed by atoms with van der Waals surface area (Å²) in [7, 11) is 1.70. The highest BCUT2D eigenvalue weighted by atomic mass is 35.5. The third-order valence-corrected chi connectivity index (χ3v) is 4.87. The molecule has 6 heteroatoms. The summed E-state index contributed by atoms with van der Waals surface area (Å²) in [5, 5.41) is 9.00. The molecule has 0 aliphatic heterocycles. The van der Waals surface area contributed by atoms with Crippen molar-refractivity contribution in [2.45, 2.75) is 32.0 Å². The van der Waals surface area contributed by atoms with Crippen LogP contribution in [0.4, 0.5) is 0 Å². The predicted molar refractivity (Wildman–Crippen MR) is 100 cm³/mol. The van der Waals surface area contributed by atoms with Crippen molar-refractivity contribution >= 4 is 11.6 Å². The highest BCUT2D eigenvalue weighted by Crippen LogP contribution is 2.32. The molecule has 0 bridgehead atoms. The van der Waals surface area contributed by atoms with E-state index >= 15 is 0 Å². The van der Waals surface area contributed by atoms with Crippen LogP contribution in [0.5, 0.6) is 5.75 Å². The highest BCUT2D eigenvalue weighted by Gasteiger charge is 2.31. The van der Waals surface area contributed by atoms with Crippen molar-refractivity contribution in [2.75, 3.05) is 7.11 Å². The topological polar surface area (TPSA) is 51.4 Å². The van der Waals surface area contributed by atoms with E-state index in [2.05, 4.69) is 21.2 Å². The first-order valence-corrected chi connectivity index (χ1v) is 9.05. The molecule has 26 heavy (non-hydrogen) atoms. The highest BCUT2D eigenvalue weighted by molar-refractivity contribution is 6.33. The molecule has 1 saturated carbocycles. The van der Waals surface area contributed by atoms with E-state index in [1.54, 1.807) is 7.11 Å². The standard InChI is InChI=1S/C20H20ClN3O2/c1-25-18-9-5-2-6-14(18)12-24(15-10-11-15)13-19-22-23-20(26-19)16-7-3-4-8-17(16)21/h2-9,15H,10-13H2,1H3. The van der Waals surface area contributed by atoms with E-state index in [9.17, 15) is 0 Å². The number of rotatable bonds is 7. The van der Waals surface area contributed by atoms with Crippen LogP contribution < -0.4 is 4.74 Å². The second-order valence-electron chi connectivity index (χ2n) is 6.43. The number of para-hydroxylation sites is 1. The Bertz CT molecular complexity index is 892. The van der Waals surface area contributed by atoms with Gasteiger partial charge in [0.15, 0.2) is 0 Å². The van der Waals surface area contributed by atoms with Crippen molar-refractivity contribution in [3.8, 4) is 17.2 Å². The Labute approximate surface area is 157 Å². The lowest BCUT2D eigenvalue weighted by molar-refractivity contribution is 0.218. The van der Waals surface area contributed by atoms with Crippen molar-refractivity contribution < 1.29 is 9.15 Å². The molecular weight excluding hydrogens is 350 g/mol. The third-order valence-electron chi connectivity index (χ3n) is 4.54. The molecule has 0 spiro atoms. The van der Waals surface area contributed by atoms with Gasteiger partial charge in [-0.3, -0.25) is 4.90 Å². The summed E-state index contributed by atoms with van der Waals surface area (Å²) in [6.45, 7) is 1.40. The van der Waals surface area contributed by atoms with Crippen molar-refractivity contribution in [3.05, 3.63) is 65.0 Å². The van der Waals surface area contributed by atoms with Gasteiger partial charge in [-0.2, -0.15) is 0 Å². The molecule has 1 aliphatic rings. The zero-order valence-corrected chi connectivity index (χ0v) is 15.3. The molecule has 1 fully saturated rings. The van der Waals surface area contributed by atoms with E-state index in [0.29, 0.717) is 29.4 Å². The minimum Gasteiger partial charge on any atom is -0.496 e. The van der Waals surface area contributed by atoms with Gasteiger partial charge in [0.05, 0.1) is 24.2 Å². The van der Waals surface area contributed by atoms with Gasteiger partial charge >= 0.3 is 0 Å². The molecular formula is C20H20ClN3O2. The van der Waals surface area contributed by atoms with Crippen LogP contribution in [0.2, 0.25) is 5.02 Å². The zero-order valence-electron chi connectivity index (χ0n) is 14.6. The summed E-state index contributed by atoms with van der Waals surface area (Å²) in [6.07, 6.45) is 2.39. The number of aromatic nitrogens is 2. The van der Waals surface area contributed by atoms with Gasteiger partial charge in [-0.15, -0.1) is 10.2 Å². The van der Waals surface area contributed by atoms with Gasteiger partial charge in [0.25, 0.3) is 0 Å². The molecule has 0 unspecified atom stereocenters. The van der Waals surface area contributed by atoms with Crippen molar-refractivity contribution in [1.29, 1.82) is 0 Å². The lowest BCUT2D eigenvalue weighted by Crippen LogP contribution is -2.25. The summed E-state index contributed by atoms with van der Waals surface area (Å²) in [5.41, 5.74) is 1.92. The minimum atomic E-state index is 0.457. The molecule has 2 aromatic carbocycles. The molecule has 4 rings (SSSR count). The lowest BCUT2D eigenvalue weighted by Gasteiger charge is -2.21. The fourth-order valence-electron chi connectivity index (χ4n) is 3.04. The number of hydrogen-bond acceptors (Lipinski definition) is 5. The SMILES string of the molecule is COc1ccccc1CN(Cc1nnc(-c2ccccc2Cl)o1)C1CC1. The molecule has 1 aromatic heterocycles. The van der Waals surface area contributed by atoms with Crippen LogP contribution in [0, 0.1) is 0 Å². The molecule has 1 aliphatic carbocycles. The van der Waals surface area contributed by atoms with E-state index in [0.717, 1.165) is 23.4 Å². The molecule has 0 atom stereocenters. The predicted octanol–water partition coefficient (Wildman–Crippen LogP) is 4.56. The molecule has 0 N–H and O–H groups in total. The van der Waals surface area contributed by atoms with Crippen LogP contribution in [-0.4, -0.2) is 28.2 Å². The van der Waals surface area contributed by atoms with Crippen molar-refractivity contribution in [1.82, 2.24) is 15.1 Å². The van der Waals surface area contributed by atoms with Crippen LogP contribution in [0.15, 0.2) is 52.9 Å². The molecule has 1 heterocycles. The van der Waals surface area contributed by atoms with Gasteiger partial charge in [0.2, 0.25) is 11.8 Å². The van der Waals surface area contributed by atoms with Crippen LogP contribution in [0.25, 0.3) is 11.5 Å². The summed E-state index contributed by atoms with van der Waals surface area (Å²) in [4.78, 5) is 2.36. The van der Waals surface area contributed by atoms with Crippen molar-refractivity contribution in [3.63, 3.8) is 0 Å². The van der Waals surface area contributed by atoms with Crippen LogP contribution in [0.3, 0.4) is 0 Å². The number of halogens is 1. The fourth-order valence-corrected chi connectivity index (χ4v) is 3.26. The maximum absolute atomic E-state index is 6.22. The Kier molecular flexibility index (Phi) is 4.91. The number of methoxy groups -OCH3 is 1. The smallest absolute Gasteiger partial charge is 0.249 e. The first-order valence-electron chi connectivity index (χ1n) is 8.68. The summed E-state index contributed by atoms with van der Waals surface area (Å²) < 4.78 is 11.4. The maximum atomic E-state index is 6.22. The summed E-state index contributed by atoms with van der Waals surface area (Å²) >= 11 is 6.22. The summed E-state index contributed by atoms with van der Waals surface area (Å²) in [6, 6.07) is 16.1. The average molecular weight is 370 g/mol. The van der Waals surface area contributed by atoms with Crippen LogP contribution >= 0.6 is 11.6 Å². The maximum Gasteiger partial charge on any atom is 0.249 e. The number of hydrogen-bond donors (Lipinski definition) is 0. The number of ether oxygens (including phenoxy) is 1. The van der Waals surface area contributed by atoms with E-state index < -0.39 is 0 Å². The van der Waals surface area contributed by atoms with Crippen molar-refractivity contribution in [2.24, 2.45) is 0 Å². The van der Waals surface area contributed by atoms with Gasteiger partial charge in [-0.25, -0.2) is 0 Å². The Hall–Kier alpha value is -2.37. The second-order valence-corrected chi connectivity index (χ2v) is 6.84. The second kappa shape index (κ2) is 7.48. The van der Waals surface area contributed by atoms with Gasteiger partial charge in [-0.1, -0.05) is 41.9 Å². The zero-order chi connectivity index (χ0) is 17.9. The monoisotopic (exact) mass is 369 g/mol. The largest absolute Gasteiger partial charge is 0.496 e. The number of nitrogens with zero attached hydrogens (tertiary/aromatic N) is 3. The van der Waals surface area contributed by atoms with E-state index in [-0.39, 0.29) is 0 Å². The molecule has 0 radical (unpaired) electrons. The lowest BCUT2D eigenvalue weighted by atomic mass is 10.2. The Balaban J connectivity index is 1.52. The van der Waals surface area contributed by atoms with Crippen LogP contribution in [-0.2, 0) is 13.1 Å². The Morgan fingerprint density at radius 2 is 1.85 bits per heavy atom. The van der Waals surface area contributed by atoms with Crippen LogP contribution in [0.1, 0.15) is 24.3 Å². The Morgan fingerprint density at radius 1 is 1.08 bits per heavy atom. The quantitative estimate of drug-likeness (QED) is 0.611. The van der Waals surface area contributed by atoms with Gasteiger partial charge in [0, 0.05) is 18.2 Å². The number of benzene rings is 2. The summed E-state index contributed by atoms with van der Waals surface area (Å²) in [5.74, 6) is 1.96. The van der Waals surface area contributed by atoms with Gasteiger partial charge < -0.3 is 9.15 Å². The molecule has 5 nitrogen and oxygen atoms in total. The minimum absolute atomic E-state index is 0.457. The van der Waals surface area contributed by atoms with E-state index in [1.807, 2.05) is 42.5 Å². The molecule has 0 amide bonds.